The van der Waals surface area contributed by atoms with Gasteiger partial charge in [0.15, 0.2) is 0 Å². The van der Waals surface area contributed by atoms with E-state index in [2.05, 4.69) is 10.2 Å². The van der Waals surface area contributed by atoms with Crippen LogP contribution in [0.1, 0.15) is 44.2 Å². The molecule has 1 aromatic rings. The predicted octanol–water partition coefficient (Wildman–Crippen LogP) is 2.75. The molecule has 0 aromatic heterocycles. The molecule has 0 aliphatic carbocycles. The lowest BCUT2D eigenvalue weighted by Crippen LogP contribution is -2.38. The van der Waals surface area contributed by atoms with E-state index in [4.69, 9.17) is 4.74 Å². The Bertz CT molecular complexity index is 454. The van der Waals surface area contributed by atoms with Crippen LogP contribution in [0, 0.1) is 0 Å². The van der Waals surface area contributed by atoms with Gasteiger partial charge < -0.3 is 10.1 Å². The van der Waals surface area contributed by atoms with Crippen LogP contribution in [0.4, 0.5) is 0 Å². The first-order valence-corrected chi connectivity index (χ1v) is 7.85. The average Bonchev–Trinajstić information content (AvgIpc) is 2.75. The Kier molecular flexibility index (Phi) is 6.05. The van der Waals surface area contributed by atoms with Crippen LogP contribution in [0.25, 0.3) is 0 Å². The third-order valence-corrected chi connectivity index (χ3v) is 4.05. The summed E-state index contributed by atoms with van der Waals surface area (Å²) in [4.78, 5) is 14.5. The molecule has 1 saturated heterocycles. The van der Waals surface area contributed by atoms with Crippen molar-refractivity contribution in [2.45, 2.75) is 38.6 Å². The molecule has 0 bridgehead atoms. The van der Waals surface area contributed by atoms with Crippen LogP contribution in [0.3, 0.4) is 0 Å². The molecule has 1 aromatic carbocycles. The van der Waals surface area contributed by atoms with Crippen molar-refractivity contribution in [1.82, 2.24) is 10.2 Å². The van der Waals surface area contributed by atoms with Gasteiger partial charge in [-0.25, -0.2) is 0 Å². The largest absolute Gasteiger partial charge is 0.496 e. The molecule has 0 spiro atoms. The number of likely N-dealkylation sites (tertiary alicyclic amines) is 1. The van der Waals surface area contributed by atoms with Crippen LogP contribution in [0.2, 0.25) is 0 Å². The number of para-hydroxylation sites is 1. The molecule has 1 unspecified atom stereocenters. The molecule has 1 atom stereocenters. The molecule has 1 N–H and O–H groups in total. The Labute approximate surface area is 127 Å². The first-order valence-electron chi connectivity index (χ1n) is 7.85. The Morgan fingerprint density at radius 3 is 2.57 bits per heavy atom. The van der Waals surface area contributed by atoms with Crippen LogP contribution in [0.15, 0.2) is 24.3 Å². The van der Waals surface area contributed by atoms with Crippen molar-refractivity contribution in [3.8, 4) is 5.75 Å². The summed E-state index contributed by atoms with van der Waals surface area (Å²) in [5.41, 5.74) is 1.02. The third kappa shape index (κ3) is 4.74. The van der Waals surface area contributed by atoms with E-state index >= 15 is 0 Å². The van der Waals surface area contributed by atoms with Gasteiger partial charge in [-0.3, -0.25) is 9.69 Å². The van der Waals surface area contributed by atoms with E-state index in [-0.39, 0.29) is 11.9 Å². The second kappa shape index (κ2) is 8.03. The Morgan fingerprint density at radius 2 is 1.90 bits per heavy atom. The topological polar surface area (TPSA) is 41.6 Å². The summed E-state index contributed by atoms with van der Waals surface area (Å²) in [5, 5.41) is 3.08. The molecule has 116 valence electrons. The Hall–Kier alpha value is -1.55. The summed E-state index contributed by atoms with van der Waals surface area (Å²) < 4.78 is 5.35. The number of hydrogen-bond donors (Lipinski definition) is 1. The number of nitrogens with zero attached hydrogens (tertiary/aromatic N) is 1. The zero-order chi connectivity index (χ0) is 15.1. The van der Waals surface area contributed by atoms with Crippen LogP contribution in [-0.2, 0) is 4.79 Å². The number of methoxy groups -OCH3 is 1. The van der Waals surface area contributed by atoms with Gasteiger partial charge >= 0.3 is 0 Å². The van der Waals surface area contributed by atoms with Crippen molar-refractivity contribution < 1.29 is 9.53 Å². The van der Waals surface area contributed by atoms with Crippen molar-refractivity contribution in [1.29, 1.82) is 0 Å². The highest BCUT2D eigenvalue weighted by Crippen LogP contribution is 2.24. The molecule has 21 heavy (non-hydrogen) atoms. The lowest BCUT2D eigenvalue weighted by atomic mass is 10.1. The number of ether oxygens (including phenoxy) is 1. The number of carbonyl (C=O) groups excluding carboxylic acids is 1. The minimum absolute atomic E-state index is 0.0411. The fourth-order valence-electron chi connectivity index (χ4n) is 2.89. The summed E-state index contributed by atoms with van der Waals surface area (Å²) in [6.07, 6.45) is 4.98. The van der Waals surface area contributed by atoms with E-state index < -0.39 is 0 Å². The number of hydrogen-bond acceptors (Lipinski definition) is 3. The Balaban J connectivity index is 1.89. The third-order valence-electron chi connectivity index (χ3n) is 4.05. The molecule has 0 radical (unpaired) electrons. The van der Waals surface area contributed by atoms with Crippen molar-refractivity contribution >= 4 is 5.91 Å². The maximum Gasteiger partial charge on any atom is 0.234 e. The van der Waals surface area contributed by atoms with Crippen molar-refractivity contribution in [2.75, 3.05) is 26.7 Å². The average molecular weight is 290 g/mol. The zero-order valence-corrected chi connectivity index (χ0v) is 13.1. The number of rotatable bonds is 5. The van der Waals surface area contributed by atoms with Gasteiger partial charge in [-0.1, -0.05) is 31.0 Å². The van der Waals surface area contributed by atoms with E-state index in [9.17, 15) is 4.79 Å². The van der Waals surface area contributed by atoms with E-state index in [1.54, 1.807) is 7.11 Å². The van der Waals surface area contributed by atoms with Crippen molar-refractivity contribution in [3.05, 3.63) is 29.8 Å². The SMILES string of the molecule is COc1ccccc1C(C)NC(=O)CN1CCCCCC1. The Morgan fingerprint density at radius 1 is 1.24 bits per heavy atom. The summed E-state index contributed by atoms with van der Waals surface area (Å²) in [6, 6.07) is 7.78. The standard InChI is InChI=1S/C17H26N2O2/c1-14(15-9-5-6-10-16(15)21-2)18-17(20)13-19-11-7-3-4-8-12-19/h5-6,9-10,14H,3-4,7-8,11-13H2,1-2H3,(H,18,20). The lowest BCUT2D eigenvalue weighted by Gasteiger charge is -2.22. The van der Waals surface area contributed by atoms with Crippen LogP contribution in [-0.4, -0.2) is 37.6 Å². The molecule has 4 heteroatoms. The highest BCUT2D eigenvalue weighted by atomic mass is 16.5. The van der Waals surface area contributed by atoms with Crippen LogP contribution < -0.4 is 10.1 Å². The predicted molar refractivity (Wildman–Crippen MR) is 84.5 cm³/mol. The molecule has 1 heterocycles. The quantitative estimate of drug-likeness (QED) is 0.906. The van der Waals surface area contributed by atoms with Gasteiger partial charge in [0.1, 0.15) is 5.75 Å². The fourth-order valence-corrected chi connectivity index (χ4v) is 2.89. The first-order chi connectivity index (χ1) is 10.2. The highest BCUT2D eigenvalue weighted by Gasteiger charge is 2.16. The highest BCUT2D eigenvalue weighted by molar-refractivity contribution is 5.78. The van der Waals surface area contributed by atoms with Gasteiger partial charge in [0.05, 0.1) is 19.7 Å². The molecule has 4 nitrogen and oxygen atoms in total. The summed E-state index contributed by atoms with van der Waals surface area (Å²) in [6.45, 7) is 4.57. The van der Waals surface area contributed by atoms with E-state index in [0.29, 0.717) is 6.54 Å². The minimum Gasteiger partial charge on any atom is -0.496 e. The maximum absolute atomic E-state index is 12.2. The number of amides is 1. The number of nitrogens with one attached hydrogen (secondary N) is 1. The summed E-state index contributed by atoms with van der Waals surface area (Å²) in [5.74, 6) is 0.912. The normalized spacial score (nSPS) is 17.8. The monoisotopic (exact) mass is 290 g/mol. The first kappa shape index (κ1) is 15.8. The molecule has 1 aliphatic heterocycles. The lowest BCUT2D eigenvalue weighted by molar-refractivity contribution is -0.122. The zero-order valence-electron chi connectivity index (χ0n) is 13.1. The molecule has 0 saturated carbocycles. The molecule has 2 rings (SSSR count). The van der Waals surface area contributed by atoms with E-state index in [0.717, 1.165) is 24.4 Å². The summed E-state index contributed by atoms with van der Waals surface area (Å²) >= 11 is 0. The summed E-state index contributed by atoms with van der Waals surface area (Å²) in [7, 11) is 1.66. The minimum atomic E-state index is -0.0411. The maximum atomic E-state index is 12.2. The van der Waals surface area contributed by atoms with Gasteiger partial charge in [-0.2, -0.15) is 0 Å². The van der Waals surface area contributed by atoms with Crippen molar-refractivity contribution in [2.24, 2.45) is 0 Å². The van der Waals surface area contributed by atoms with Gasteiger partial charge in [0.25, 0.3) is 0 Å². The van der Waals surface area contributed by atoms with E-state index in [1.807, 2.05) is 31.2 Å². The van der Waals surface area contributed by atoms with E-state index in [1.165, 1.54) is 25.7 Å². The number of carbonyl (C=O) groups is 1. The number of benzene rings is 1. The van der Waals surface area contributed by atoms with Gasteiger partial charge in [0, 0.05) is 5.56 Å². The second-order valence-corrected chi connectivity index (χ2v) is 5.72. The second-order valence-electron chi connectivity index (χ2n) is 5.72. The fraction of sp³-hybridized carbons (Fsp3) is 0.588. The van der Waals surface area contributed by atoms with Gasteiger partial charge in [0.2, 0.25) is 5.91 Å². The molecular weight excluding hydrogens is 264 g/mol. The van der Waals surface area contributed by atoms with Gasteiger partial charge in [-0.15, -0.1) is 0 Å². The van der Waals surface area contributed by atoms with Crippen LogP contribution >= 0.6 is 0 Å². The smallest absolute Gasteiger partial charge is 0.234 e. The molecule has 1 fully saturated rings. The molecule has 1 aliphatic rings. The molecular formula is C17H26N2O2. The molecule has 1 amide bonds. The van der Waals surface area contributed by atoms with Crippen molar-refractivity contribution in [3.63, 3.8) is 0 Å². The van der Waals surface area contributed by atoms with Crippen LogP contribution in [0.5, 0.6) is 5.75 Å². The van der Waals surface area contributed by atoms with Gasteiger partial charge in [-0.05, 0) is 38.9 Å².